The van der Waals surface area contributed by atoms with Crippen molar-refractivity contribution >= 4 is 12.4 Å². The van der Waals surface area contributed by atoms with Crippen LogP contribution in [-0.2, 0) is 20.9 Å². The first-order valence-corrected chi connectivity index (χ1v) is 8.15. The van der Waals surface area contributed by atoms with Crippen molar-refractivity contribution in [3.63, 3.8) is 0 Å². The Morgan fingerprint density at radius 3 is 2.38 bits per heavy atom. The van der Waals surface area contributed by atoms with Crippen LogP contribution < -0.4 is 4.74 Å². The van der Waals surface area contributed by atoms with E-state index in [4.69, 9.17) is 9.47 Å². The number of carbonyl (C=O) groups excluding carboxylic acids is 1. The predicted octanol–water partition coefficient (Wildman–Crippen LogP) is 2.81. The molecular weight excluding hydrogens is 334 g/mol. The second kappa shape index (κ2) is 10.9. The average molecular weight is 359 g/mol. The highest BCUT2D eigenvalue weighted by Crippen LogP contribution is 2.21. The summed E-state index contributed by atoms with van der Waals surface area (Å²) in [5, 5.41) is 9.59. The number of hydrogen-bond acceptors (Lipinski definition) is 4. The van der Waals surface area contributed by atoms with E-state index in [1.54, 1.807) is 32.2 Å². The minimum Gasteiger partial charge on any atom is -0.497 e. The third kappa shape index (κ3) is 5.60. The molecule has 1 aromatic rings. The first-order valence-electron chi connectivity index (χ1n) is 8.15. The smallest absolute Gasteiger partial charge is 0.335 e. The molecule has 1 amide bonds. The molecule has 1 N–H and O–H groups in total. The number of aliphatic carboxylic acids is 1. The number of carbonyl (C=O) groups is 2. The summed E-state index contributed by atoms with van der Waals surface area (Å²) in [5.41, 5.74) is 1.35. The molecule has 6 nitrogen and oxygen atoms in total. The fourth-order valence-electron chi connectivity index (χ4n) is 2.58. The van der Waals surface area contributed by atoms with Crippen LogP contribution >= 0.6 is 0 Å². The topological polar surface area (TPSA) is 76.1 Å². The Morgan fingerprint density at radius 1 is 1.31 bits per heavy atom. The van der Waals surface area contributed by atoms with E-state index >= 15 is 0 Å². The Kier molecular flexibility index (Phi) is 8.87. The zero-order valence-electron chi connectivity index (χ0n) is 15.1. The maximum absolute atomic E-state index is 11.8. The first-order chi connectivity index (χ1) is 12.5. The molecule has 1 rings (SSSR count). The number of carboxylic acid groups (broad SMARTS) is 1. The van der Waals surface area contributed by atoms with Crippen molar-refractivity contribution in [3.05, 3.63) is 66.8 Å². The molecule has 0 bridgehead atoms. The lowest BCUT2D eigenvalue weighted by Crippen LogP contribution is -2.48. The highest BCUT2D eigenvalue weighted by atomic mass is 16.5. The molecule has 0 aliphatic heterocycles. The van der Waals surface area contributed by atoms with Crippen molar-refractivity contribution in [2.45, 2.75) is 25.6 Å². The van der Waals surface area contributed by atoms with Crippen molar-refractivity contribution < 1.29 is 24.2 Å². The number of nitrogens with zero attached hydrogens (tertiary/aromatic N) is 1. The Balaban J connectivity index is 3.27. The summed E-state index contributed by atoms with van der Waals surface area (Å²) in [7, 11) is 1.57. The van der Waals surface area contributed by atoms with Crippen LogP contribution in [0.5, 0.6) is 5.75 Å². The number of carboxylic acids is 1. The van der Waals surface area contributed by atoms with Gasteiger partial charge in [-0.05, 0) is 30.2 Å². The van der Waals surface area contributed by atoms with Crippen LogP contribution in [0.1, 0.15) is 12.5 Å². The molecule has 0 fully saturated rings. The molecule has 0 aromatic heterocycles. The number of ether oxygens (including phenoxy) is 2. The summed E-state index contributed by atoms with van der Waals surface area (Å²) < 4.78 is 10.5. The lowest BCUT2D eigenvalue weighted by atomic mass is 9.98. The largest absolute Gasteiger partial charge is 0.497 e. The average Bonchev–Trinajstić information content (AvgIpc) is 2.65. The molecule has 0 radical (unpaired) electrons. The SMILES string of the molecule is C=C/C=C(\C=C)C(C(OCC)C(=O)O)N(C=O)Cc1ccc(OC)cc1. The second-order valence-corrected chi connectivity index (χ2v) is 5.39. The fraction of sp³-hybridized carbons (Fsp3) is 0.300. The van der Waals surface area contributed by atoms with Crippen LogP contribution in [0.2, 0.25) is 0 Å². The second-order valence-electron chi connectivity index (χ2n) is 5.39. The van der Waals surface area contributed by atoms with Gasteiger partial charge in [0.15, 0.2) is 6.10 Å². The molecule has 1 aromatic carbocycles. The monoisotopic (exact) mass is 359 g/mol. The molecule has 0 aliphatic rings. The Bertz CT molecular complexity index is 651. The molecule has 0 saturated carbocycles. The summed E-state index contributed by atoms with van der Waals surface area (Å²) >= 11 is 0. The Hall–Kier alpha value is -2.86. The van der Waals surface area contributed by atoms with Crippen molar-refractivity contribution in [3.8, 4) is 5.75 Å². The van der Waals surface area contributed by atoms with Gasteiger partial charge in [-0.3, -0.25) is 4.79 Å². The van der Waals surface area contributed by atoms with E-state index in [2.05, 4.69) is 13.2 Å². The highest BCUT2D eigenvalue weighted by Gasteiger charge is 2.35. The lowest BCUT2D eigenvalue weighted by Gasteiger charge is -2.33. The van der Waals surface area contributed by atoms with Gasteiger partial charge in [0.05, 0.1) is 13.2 Å². The van der Waals surface area contributed by atoms with Crippen molar-refractivity contribution in [2.24, 2.45) is 0 Å². The van der Waals surface area contributed by atoms with Crippen LogP contribution in [0.3, 0.4) is 0 Å². The molecule has 2 unspecified atom stereocenters. The van der Waals surface area contributed by atoms with Gasteiger partial charge < -0.3 is 19.5 Å². The summed E-state index contributed by atoms with van der Waals surface area (Å²) in [5.74, 6) is -0.464. The molecule has 0 spiro atoms. The van der Waals surface area contributed by atoms with E-state index in [1.807, 2.05) is 12.1 Å². The van der Waals surface area contributed by atoms with Gasteiger partial charge in [-0.25, -0.2) is 4.79 Å². The van der Waals surface area contributed by atoms with Crippen LogP contribution in [0, 0.1) is 0 Å². The van der Waals surface area contributed by atoms with Crippen LogP contribution in [0.15, 0.2) is 61.2 Å². The summed E-state index contributed by atoms with van der Waals surface area (Å²) in [6, 6.07) is 6.33. The molecule has 0 saturated heterocycles. The van der Waals surface area contributed by atoms with Gasteiger partial charge in [-0.1, -0.05) is 43.5 Å². The van der Waals surface area contributed by atoms with Crippen LogP contribution in [0.25, 0.3) is 0 Å². The molecule has 0 heterocycles. The lowest BCUT2D eigenvalue weighted by molar-refractivity contribution is -0.154. The van der Waals surface area contributed by atoms with Gasteiger partial charge in [0, 0.05) is 13.2 Å². The van der Waals surface area contributed by atoms with Crippen molar-refractivity contribution in [2.75, 3.05) is 13.7 Å². The van der Waals surface area contributed by atoms with Crippen LogP contribution in [0.4, 0.5) is 0 Å². The van der Waals surface area contributed by atoms with Gasteiger partial charge >= 0.3 is 5.97 Å². The first kappa shape index (κ1) is 21.2. The van der Waals surface area contributed by atoms with Gasteiger partial charge in [0.2, 0.25) is 6.41 Å². The number of methoxy groups -OCH3 is 1. The third-order valence-corrected chi connectivity index (χ3v) is 3.78. The molecule has 26 heavy (non-hydrogen) atoms. The summed E-state index contributed by atoms with van der Waals surface area (Å²) in [4.78, 5) is 24.9. The van der Waals surface area contributed by atoms with Gasteiger partial charge in [0.1, 0.15) is 5.75 Å². The molecule has 6 heteroatoms. The van der Waals surface area contributed by atoms with E-state index in [9.17, 15) is 14.7 Å². The Morgan fingerprint density at radius 2 is 1.96 bits per heavy atom. The predicted molar refractivity (Wildman–Crippen MR) is 99.9 cm³/mol. The maximum Gasteiger partial charge on any atom is 0.335 e. The van der Waals surface area contributed by atoms with E-state index in [0.717, 1.165) is 5.56 Å². The Labute approximate surface area is 154 Å². The highest BCUT2D eigenvalue weighted by molar-refractivity contribution is 5.75. The minimum absolute atomic E-state index is 0.196. The zero-order valence-corrected chi connectivity index (χ0v) is 15.1. The zero-order chi connectivity index (χ0) is 19.5. The van der Waals surface area contributed by atoms with E-state index < -0.39 is 18.1 Å². The fourth-order valence-corrected chi connectivity index (χ4v) is 2.58. The number of hydrogen-bond donors (Lipinski definition) is 1. The summed E-state index contributed by atoms with van der Waals surface area (Å²) in [6.07, 6.45) is 4.03. The van der Waals surface area contributed by atoms with Gasteiger partial charge in [0.25, 0.3) is 0 Å². The number of allylic oxidation sites excluding steroid dienone is 2. The third-order valence-electron chi connectivity index (χ3n) is 3.78. The van der Waals surface area contributed by atoms with Crippen molar-refractivity contribution in [1.82, 2.24) is 4.90 Å². The maximum atomic E-state index is 11.8. The molecule has 140 valence electrons. The van der Waals surface area contributed by atoms with Gasteiger partial charge in [-0.2, -0.15) is 0 Å². The standard InChI is InChI=1S/C20H25NO5/c1-5-8-16(6-2)18(19(20(23)24)26-7-3)21(14-22)13-15-9-11-17(25-4)12-10-15/h5-6,8-12,14,18-19H,1-2,7,13H2,3-4H3,(H,23,24)/b16-8+. The normalized spacial score (nSPS) is 13.4. The summed E-state index contributed by atoms with van der Waals surface area (Å²) in [6.45, 7) is 9.46. The van der Waals surface area contributed by atoms with Crippen LogP contribution in [-0.4, -0.2) is 48.2 Å². The molecular formula is C20H25NO5. The number of benzene rings is 1. The number of rotatable bonds is 12. The van der Waals surface area contributed by atoms with E-state index in [1.165, 1.54) is 17.1 Å². The van der Waals surface area contributed by atoms with Crippen molar-refractivity contribution in [1.29, 1.82) is 0 Å². The van der Waals surface area contributed by atoms with Gasteiger partial charge in [-0.15, -0.1) is 0 Å². The number of amides is 1. The van der Waals surface area contributed by atoms with E-state index in [-0.39, 0.29) is 13.2 Å². The quantitative estimate of drug-likeness (QED) is 0.459. The minimum atomic E-state index is -1.23. The molecule has 2 atom stereocenters. The molecule has 0 aliphatic carbocycles. The van der Waals surface area contributed by atoms with E-state index in [0.29, 0.717) is 17.7 Å².